The molecular weight excluding hydrogens is 211 g/mol. The molecule has 1 rings (SSSR count). The highest BCUT2D eigenvalue weighted by molar-refractivity contribution is 6.32. The summed E-state index contributed by atoms with van der Waals surface area (Å²) >= 11 is 0. The van der Waals surface area contributed by atoms with E-state index in [9.17, 15) is 4.79 Å². The predicted molar refractivity (Wildman–Crippen MR) is 74.1 cm³/mol. The fourth-order valence-electron chi connectivity index (χ4n) is 1.62. The van der Waals surface area contributed by atoms with Crippen LogP contribution in [0.25, 0.3) is 6.08 Å². The molecule has 0 radical (unpaired) electrons. The quantitative estimate of drug-likeness (QED) is 0.445. The zero-order chi connectivity index (χ0) is 12.8. The second kappa shape index (κ2) is 6.28. The van der Waals surface area contributed by atoms with Crippen LogP contribution in [0.2, 0.25) is 0 Å². The average Bonchev–Trinajstić information content (AvgIpc) is 2.26. The van der Waals surface area contributed by atoms with Gasteiger partial charge in [-0.15, -0.1) is 0 Å². The van der Waals surface area contributed by atoms with Crippen LogP contribution >= 0.6 is 0 Å². The molecule has 1 aromatic rings. The van der Waals surface area contributed by atoms with Crippen LogP contribution in [-0.4, -0.2) is 20.4 Å². The van der Waals surface area contributed by atoms with Gasteiger partial charge in [0, 0.05) is 5.57 Å². The standard InChI is InChI=1S/C14H19BO2/c1-4-17-14(16)13(10(2)3)9-11-6-5-7-12(15)8-11/h5-10H,4,15H2,1-3H3. The zero-order valence-electron chi connectivity index (χ0n) is 11.0. The van der Waals surface area contributed by atoms with Crippen LogP contribution in [0.15, 0.2) is 29.8 Å². The van der Waals surface area contributed by atoms with Gasteiger partial charge in [0.15, 0.2) is 0 Å². The molecule has 0 aliphatic rings. The third-order valence-corrected chi connectivity index (χ3v) is 2.50. The van der Waals surface area contributed by atoms with E-state index >= 15 is 0 Å². The van der Waals surface area contributed by atoms with E-state index < -0.39 is 0 Å². The van der Waals surface area contributed by atoms with Gasteiger partial charge in [-0.25, -0.2) is 4.79 Å². The lowest BCUT2D eigenvalue weighted by molar-refractivity contribution is -0.138. The lowest BCUT2D eigenvalue weighted by atomic mass is 9.93. The summed E-state index contributed by atoms with van der Waals surface area (Å²) in [7, 11) is 2.04. The van der Waals surface area contributed by atoms with Crippen molar-refractivity contribution in [2.45, 2.75) is 20.8 Å². The van der Waals surface area contributed by atoms with E-state index in [1.54, 1.807) is 0 Å². The van der Waals surface area contributed by atoms with Crippen LogP contribution in [0.4, 0.5) is 0 Å². The van der Waals surface area contributed by atoms with Crippen LogP contribution in [0, 0.1) is 5.92 Å². The van der Waals surface area contributed by atoms with Gasteiger partial charge in [0.25, 0.3) is 0 Å². The molecule has 0 unspecified atom stereocenters. The molecule has 90 valence electrons. The average molecular weight is 230 g/mol. The Balaban J connectivity index is 3.02. The molecule has 2 nitrogen and oxygen atoms in total. The maximum atomic E-state index is 11.8. The van der Waals surface area contributed by atoms with Crippen molar-refractivity contribution in [1.82, 2.24) is 0 Å². The van der Waals surface area contributed by atoms with Gasteiger partial charge in [-0.1, -0.05) is 43.6 Å². The van der Waals surface area contributed by atoms with Crippen molar-refractivity contribution in [1.29, 1.82) is 0 Å². The highest BCUT2D eigenvalue weighted by atomic mass is 16.5. The summed E-state index contributed by atoms with van der Waals surface area (Å²) in [5.74, 6) is -0.0569. The van der Waals surface area contributed by atoms with Gasteiger partial charge >= 0.3 is 5.97 Å². The Morgan fingerprint density at radius 2 is 2.18 bits per heavy atom. The summed E-state index contributed by atoms with van der Waals surface area (Å²) in [5, 5.41) is 0. The summed E-state index contributed by atoms with van der Waals surface area (Å²) in [6, 6.07) is 8.08. The van der Waals surface area contributed by atoms with Crippen molar-refractivity contribution < 1.29 is 9.53 Å². The first kappa shape index (κ1) is 13.6. The lowest BCUT2D eigenvalue weighted by Gasteiger charge is -2.10. The normalized spacial score (nSPS) is 11.6. The Morgan fingerprint density at radius 3 is 2.71 bits per heavy atom. The van der Waals surface area contributed by atoms with Crippen LogP contribution in [-0.2, 0) is 9.53 Å². The molecule has 0 heterocycles. The molecule has 0 aliphatic heterocycles. The number of benzene rings is 1. The second-order valence-corrected chi connectivity index (χ2v) is 4.39. The Labute approximate surface area is 104 Å². The van der Waals surface area contributed by atoms with E-state index in [2.05, 4.69) is 6.07 Å². The third-order valence-electron chi connectivity index (χ3n) is 2.50. The molecule has 0 bridgehead atoms. The van der Waals surface area contributed by atoms with Crippen molar-refractivity contribution in [3.05, 3.63) is 35.4 Å². The topological polar surface area (TPSA) is 26.3 Å². The molecule has 1 aromatic carbocycles. The first-order chi connectivity index (χ1) is 8.04. The monoisotopic (exact) mass is 230 g/mol. The molecule has 0 atom stereocenters. The van der Waals surface area contributed by atoms with E-state index in [1.165, 1.54) is 5.46 Å². The Morgan fingerprint density at radius 1 is 1.47 bits per heavy atom. The second-order valence-electron chi connectivity index (χ2n) is 4.39. The molecule has 0 spiro atoms. The number of carbonyl (C=O) groups is 1. The van der Waals surface area contributed by atoms with E-state index in [4.69, 9.17) is 4.74 Å². The fraction of sp³-hybridized carbons (Fsp3) is 0.357. The van der Waals surface area contributed by atoms with Crippen LogP contribution in [0.3, 0.4) is 0 Å². The predicted octanol–water partition coefficient (Wildman–Crippen LogP) is 1.55. The molecule has 0 amide bonds. The molecule has 0 N–H and O–H groups in total. The van der Waals surface area contributed by atoms with Gasteiger partial charge in [0.05, 0.1) is 6.61 Å². The SMILES string of the molecule is Bc1cccc(C=C(C(=O)OCC)C(C)C)c1. The summed E-state index contributed by atoms with van der Waals surface area (Å²) in [4.78, 5) is 11.8. The Bertz CT molecular complexity index is 422. The highest BCUT2D eigenvalue weighted by Gasteiger charge is 2.14. The fourth-order valence-corrected chi connectivity index (χ4v) is 1.62. The number of hydrogen-bond acceptors (Lipinski definition) is 2. The van der Waals surface area contributed by atoms with Gasteiger partial charge in [-0.3, -0.25) is 0 Å². The lowest BCUT2D eigenvalue weighted by Crippen LogP contribution is -2.12. The number of esters is 1. The molecule has 3 heteroatoms. The molecule has 17 heavy (non-hydrogen) atoms. The minimum atomic E-state index is -0.219. The van der Waals surface area contributed by atoms with E-state index in [1.807, 2.05) is 52.9 Å². The summed E-state index contributed by atoms with van der Waals surface area (Å²) in [6.45, 7) is 6.23. The van der Waals surface area contributed by atoms with Gasteiger partial charge in [-0.2, -0.15) is 0 Å². The smallest absolute Gasteiger partial charge is 0.334 e. The van der Waals surface area contributed by atoms with Crippen molar-refractivity contribution in [2.75, 3.05) is 6.61 Å². The van der Waals surface area contributed by atoms with Gasteiger partial charge < -0.3 is 4.74 Å². The molecule has 0 aromatic heterocycles. The number of rotatable bonds is 4. The van der Waals surface area contributed by atoms with Gasteiger partial charge in [0.1, 0.15) is 7.85 Å². The molecular formula is C14H19BO2. The van der Waals surface area contributed by atoms with Gasteiger partial charge in [0.2, 0.25) is 0 Å². The third kappa shape index (κ3) is 4.10. The summed E-state index contributed by atoms with van der Waals surface area (Å²) in [6.07, 6.45) is 1.91. The zero-order valence-corrected chi connectivity index (χ0v) is 11.0. The van der Waals surface area contributed by atoms with E-state index in [-0.39, 0.29) is 11.9 Å². The maximum Gasteiger partial charge on any atom is 0.334 e. The van der Waals surface area contributed by atoms with Gasteiger partial charge in [-0.05, 0) is 24.5 Å². The maximum absolute atomic E-state index is 11.8. The number of carbonyl (C=O) groups excluding carboxylic acids is 1. The van der Waals surface area contributed by atoms with Crippen molar-refractivity contribution in [2.24, 2.45) is 5.92 Å². The van der Waals surface area contributed by atoms with Crippen molar-refractivity contribution >= 4 is 25.4 Å². The largest absolute Gasteiger partial charge is 0.463 e. The minimum Gasteiger partial charge on any atom is -0.463 e. The number of hydrogen-bond donors (Lipinski definition) is 0. The molecule has 0 saturated carbocycles. The molecule has 0 aliphatic carbocycles. The Kier molecular flexibility index (Phi) is 5.01. The van der Waals surface area contributed by atoms with Crippen LogP contribution in [0.5, 0.6) is 0 Å². The van der Waals surface area contributed by atoms with E-state index in [0.29, 0.717) is 6.61 Å². The molecule has 0 fully saturated rings. The van der Waals surface area contributed by atoms with Crippen molar-refractivity contribution in [3.8, 4) is 0 Å². The summed E-state index contributed by atoms with van der Waals surface area (Å²) < 4.78 is 5.06. The molecule has 0 saturated heterocycles. The van der Waals surface area contributed by atoms with E-state index in [0.717, 1.165) is 11.1 Å². The highest BCUT2D eigenvalue weighted by Crippen LogP contribution is 2.15. The van der Waals surface area contributed by atoms with Crippen LogP contribution < -0.4 is 5.46 Å². The first-order valence-electron chi connectivity index (χ1n) is 6.00. The number of ether oxygens (including phenoxy) is 1. The van der Waals surface area contributed by atoms with Crippen LogP contribution in [0.1, 0.15) is 26.3 Å². The first-order valence-corrected chi connectivity index (χ1v) is 6.00. The van der Waals surface area contributed by atoms with Crippen molar-refractivity contribution in [3.63, 3.8) is 0 Å². The minimum absolute atomic E-state index is 0.162. The Hall–Kier alpha value is -1.51. The summed E-state index contributed by atoms with van der Waals surface area (Å²) in [5.41, 5.74) is 2.95.